The molecule has 0 rings (SSSR count). The van der Waals surface area contributed by atoms with E-state index < -0.39 is 12.6 Å². The van der Waals surface area contributed by atoms with E-state index in [2.05, 4.69) is 0 Å². The summed E-state index contributed by atoms with van der Waals surface area (Å²) in [5, 5.41) is 0. The van der Waals surface area contributed by atoms with E-state index in [0.717, 1.165) is 2.90 Å². The van der Waals surface area contributed by atoms with Gasteiger partial charge in [0.1, 0.15) is 0 Å². The van der Waals surface area contributed by atoms with Gasteiger partial charge in [0.2, 0.25) is 0 Å². The van der Waals surface area contributed by atoms with Crippen molar-refractivity contribution in [1.29, 1.82) is 0 Å². The maximum atomic E-state index is 5.72. The van der Waals surface area contributed by atoms with Crippen molar-refractivity contribution in [1.82, 2.24) is 2.90 Å². The Balaban J connectivity index is 3.54. The fraction of sp³-hybridized carbons (Fsp3) is 1.00. The van der Waals surface area contributed by atoms with E-state index in [1.807, 2.05) is 11.5 Å². The molecule has 0 N–H and O–H groups in total. The predicted octanol–water partition coefficient (Wildman–Crippen LogP) is 2.54. The Hall–Kier alpha value is 1.37. The van der Waals surface area contributed by atoms with Crippen LogP contribution in [0.5, 0.6) is 0 Å². The third-order valence-electron chi connectivity index (χ3n) is 0.402. The quantitative estimate of drug-likeness (QED) is 0.487. The number of halogens is 3. The second-order valence-electron chi connectivity index (χ2n) is 1.64. The van der Waals surface area contributed by atoms with Crippen LogP contribution in [-0.2, 0) is 0 Å². The van der Waals surface area contributed by atoms with E-state index in [1.54, 1.807) is 0 Å². The predicted molar refractivity (Wildman–Crippen MR) is 36.9 cm³/mol. The molecule has 1 nitrogen and oxygen atoms in total. The van der Waals surface area contributed by atoms with Gasteiger partial charge in [-0.05, 0) is 0 Å². The summed E-state index contributed by atoms with van der Waals surface area (Å²) in [5.41, 5.74) is 0. The minimum atomic E-state index is -2.33. The van der Waals surface area contributed by atoms with Crippen molar-refractivity contribution < 1.29 is 0 Å². The van der Waals surface area contributed by atoms with Gasteiger partial charge in [-0.25, -0.2) is 0 Å². The van der Waals surface area contributed by atoms with E-state index >= 15 is 0 Å². The molecule has 0 spiro atoms. The zero-order chi connectivity index (χ0) is 6.08. The summed E-state index contributed by atoms with van der Waals surface area (Å²) in [6.45, 7) is 0. The van der Waals surface area contributed by atoms with Crippen LogP contribution in [0.2, 0.25) is 11.5 Å². The molecule has 0 aliphatic rings. The van der Waals surface area contributed by atoms with Gasteiger partial charge in [0.05, 0.1) is 0 Å². The van der Waals surface area contributed by atoms with Crippen LogP contribution in [-0.4, -0.2) is 15.5 Å². The Bertz CT molecular complexity index is 58.4. The number of rotatable bonds is 1. The first-order chi connectivity index (χ1) is 2.94. The Labute approximate surface area is 60.5 Å². The molecule has 0 aromatic carbocycles. The van der Waals surface area contributed by atoms with Crippen LogP contribution < -0.4 is 0 Å². The Morgan fingerprint density at radius 1 is 1.29 bits per heavy atom. The second-order valence-corrected chi connectivity index (χ2v) is 15.3. The summed E-state index contributed by atoms with van der Waals surface area (Å²) in [6, 6.07) is 0. The standard InChI is InChI=1S/C2H6Cl3GeN/c1-6(2,3)7(4)5/h1-2H3. The van der Waals surface area contributed by atoms with Gasteiger partial charge in [0, 0.05) is 0 Å². The molecule has 0 bridgehead atoms. The molecule has 0 heterocycles. The van der Waals surface area contributed by atoms with Crippen molar-refractivity contribution in [3.05, 3.63) is 0 Å². The third kappa shape index (κ3) is 3.92. The van der Waals surface area contributed by atoms with Gasteiger partial charge in [0.15, 0.2) is 0 Å². The van der Waals surface area contributed by atoms with Gasteiger partial charge in [0.25, 0.3) is 0 Å². The van der Waals surface area contributed by atoms with Gasteiger partial charge in [-0.1, -0.05) is 0 Å². The SMILES string of the molecule is [CH3][Ge]([CH3])([Cl])[N](Cl)Cl. The van der Waals surface area contributed by atoms with Crippen molar-refractivity contribution in [3.63, 3.8) is 0 Å². The Morgan fingerprint density at radius 2 is 1.43 bits per heavy atom. The number of hydrogen-bond donors (Lipinski definition) is 0. The first kappa shape index (κ1) is 8.37. The van der Waals surface area contributed by atoms with E-state index in [-0.39, 0.29) is 0 Å². The third-order valence-corrected chi connectivity index (χ3v) is 8.26. The zero-order valence-electron chi connectivity index (χ0n) is 4.08. The maximum absolute atomic E-state index is 5.72. The van der Waals surface area contributed by atoms with Crippen LogP contribution in [0.3, 0.4) is 0 Å². The summed E-state index contributed by atoms with van der Waals surface area (Å²) < 4.78 is 1.08. The molecule has 0 amide bonds. The molecule has 0 unspecified atom stereocenters. The van der Waals surface area contributed by atoms with Gasteiger partial charge in [-0.3, -0.25) is 0 Å². The second kappa shape index (κ2) is 2.78. The van der Waals surface area contributed by atoms with Crippen molar-refractivity contribution in [2.75, 3.05) is 0 Å². The molecule has 7 heavy (non-hydrogen) atoms. The molecule has 44 valence electrons. The fourth-order valence-electron chi connectivity index (χ4n) is 0. The summed E-state index contributed by atoms with van der Waals surface area (Å²) in [7, 11) is 5.72. The molecule has 5 heteroatoms. The Kier molecular flexibility index (Phi) is 3.33. The monoisotopic (exact) mass is 223 g/mol. The molecule has 0 atom stereocenters. The molecule has 0 aliphatic carbocycles. The van der Waals surface area contributed by atoms with Gasteiger partial charge in [-0.15, -0.1) is 0 Å². The summed E-state index contributed by atoms with van der Waals surface area (Å²) >= 11 is 8.28. The average molecular weight is 223 g/mol. The number of nitrogens with zero attached hydrogens (tertiary/aromatic N) is 1. The van der Waals surface area contributed by atoms with E-state index in [1.165, 1.54) is 0 Å². The van der Waals surface area contributed by atoms with Crippen molar-refractivity contribution in [3.8, 4) is 0 Å². The number of hydrogen-bond acceptors (Lipinski definition) is 1. The van der Waals surface area contributed by atoms with Crippen molar-refractivity contribution >= 4 is 46.1 Å². The van der Waals surface area contributed by atoms with Crippen LogP contribution in [0.25, 0.3) is 0 Å². The molecule has 0 radical (unpaired) electrons. The van der Waals surface area contributed by atoms with Gasteiger partial charge in [-0.2, -0.15) is 0 Å². The molecule has 0 aromatic rings. The first-order valence-electron chi connectivity index (χ1n) is 1.75. The Morgan fingerprint density at radius 3 is 1.43 bits per heavy atom. The molecule has 0 aliphatic heterocycles. The zero-order valence-corrected chi connectivity index (χ0v) is 8.45. The minimum absolute atomic E-state index is 1.08. The first-order valence-corrected chi connectivity index (χ1v) is 10.3. The fourth-order valence-corrected chi connectivity index (χ4v) is 0. The summed E-state index contributed by atoms with van der Waals surface area (Å²) in [5.74, 6) is 3.75. The van der Waals surface area contributed by atoms with Gasteiger partial charge < -0.3 is 0 Å². The topological polar surface area (TPSA) is 3.24 Å². The van der Waals surface area contributed by atoms with E-state index in [0.29, 0.717) is 0 Å². The normalized spacial score (nSPS) is 12.9. The molecule has 0 saturated carbocycles. The van der Waals surface area contributed by atoms with Crippen molar-refractivity contribution in [2.24, 2.45) is 0 Å². The summed E-state index contributed by atoms with van der Waals surface area (Å²) in [6.07, 6.45) is 0. The van der Waals surface area contributed by atoms with Crippen LogP contribution in [0, 0.1) is 0 Å². The molecule has 0 fully saturated rings. The molecular weight excluding hydrogens is 217 g/mol. The van der Waals surface area contributed by atoms with Crippen LogP contribution >= 0.6 is 33.6 Å². The van der Waals surface area contributed by atoms with Crippen LogP contribution in [0.15, 0.2) is 0 Å². The molecule has 0 aromatic heterocycles. The van der Waals surface area contributed by atoms with Crippen LogP contribution in [0.4, 0.5) is 0 Å². The average Bonchev–Trinajstić information content (AvgIpc) is 1.31. The molecular formula is C2H6Cl3GeN. The summed E-state index contributed by atoms with van der Waals surface area (Å²) in [4.78, 5) is 0. The molecule has 0 saturated heterocycles. The van der Waals surface area contributed by atoms with E-state index in [9.17, 15) is 0 Å². The van der Waals surface area contributed by atoms with Crippen molar-refractivity contribution in [2.45, 2.75) is 11.5 Å². The van der Waals surface area contributed by atoms with Gasteiger partial charge >= 0.3 is 60.5 Å². The van der Waals surface area contributed by atoms with Crippen LogP contribution in [0.1, 0.15) is 0 Å². The van der Waals surface area contributed by atoms with E-state index in [4.69, 9.17) is 33.6 Å².